The zero-order valence-electron chi connectivity index (χ0n) is 15.2. The summed E-state index contributed by atoms with van der Waals surface area (Å²) in [5, 5.41) is 2.54. The second-order valence-corrected chi connectivity index (χ2v) is 8.95. The molecule has 0 heterocycles. The molecule has 25 heavy (non-hydrogen) atoms. The third-order valence-corrected chi connectivity index (χ3v) is 6.83. The Morgan fingerprint density at radius 2 is 2.00 bits per heavy atom. The van der Waals surface area contributed by atoms with E-state index < -0.39 is 0 Å². The highest BCUT2D eigenvalue weighted by atomic mass is 16.1. The third-order valence-electron chi connectivity index (χ3n) is 6.83. The molecule has 128 valence electrons. The number of hydrogen-bond donors (Lipinski definition) is 0. The van der Waals surface area contributed by atoms with E-state index in [9.17, 15) is 4.79 Å². The van der Waals surface area contributed by atoms with Gasteiger partial charge in [-0.1, -0.05) is 44.2 Å². The van der Waals surface area contributed by atoms with Crippen LogP contribution in [0.15, 0.2) is 42.5 Å². The van der Waals surface area contributed by atoms with Gasteiger partial charge in [-0.2, -0.15) is 0 Å². The van der Waals surface area contributed by atoms with Crippen LogP contribution < -0.4 is 0 Å². The van der Waals surface area contributed by atoms with Crippen molar-refractivity contribution in [3.8, 4) is 0 Å². The third kappa shape index (κ3) is 2.25. The van der Waals surface area contributed by atoms with E-state index in [2.05, 4.69) is 56.3 Å². The molecule has 3 unspecified atom stereocenters. The summed E-state index contributed by atoms with van der Waals surface area (Å²) in [5.74, 6) is 2.38. The molecule has 1 spiro atoms. The Labute approximate surface area is 150 Å². The summed E-state index contributed by atoms with van der Waals surface area (Å²) in [5.41, 5.74) is 3.97. The zero-order valence-corrected chi connectivity index (χ0v) is 15.2. The number of fused-ring (bicyclic) bond motifs is 6. The maximum absolute atomic E-state index is 12.7. The van der Waals surface area contributed by atoms with E-state index in [1.54, 1.807) is 0 Å². The SMILES string of the molecule is CC(C)Cc1ccc2cc3c(cc2c1)C(=O)CCC31CC2C=CC1C2. The molecule has 0 radical (unpaired) electrons. The van der Waals surface area contributed by atoms with Gasteiger partial charge >= 0.3 is 0 Å². The van der Waals surface area contributed by atoms with Crippen molar-refractivity contribution in [3.63, 3.8) is 0 Å². The minimum Gasteiger partial charge on any atom is -0.294 e. The standard InChI is InChI=1S/C24H26O/c1-15(2)9-16-3-5-18-13-22-21(12-19(18)10-16)23(25)7-8-24(22)14-17-4-6-20(24)11-17/h3-6,10,12-13,15,17,20H,7-9,11,14H2,1-2H3. The molecule has 1 fully saturated rings. The van der Waals surface area contributed by atoms with Crippen molar-refractivity contribution in [1.29, 1.82) is 0 Å². The summed E-state index contributed by atoms with van der Waals surface area (Å²) < 4.78 is 0. The predicted molar refractivity (Wildman–Crippen MR) is 103 cm³/mol. The lowest BCUT2D eigenvalue weighted by Gasteiger charge is -2.40. The smallest absolute Gasteiger partial charge is 0.163 e. The molecule has 3 atom stereocenters. The lowest BCUT2D eigenvalue weighted by molar-refractivity contribution is 0.0944. The summed E-state index contributed by atoms with van der Waals surface area (Å²) in [6.45, 7) is 4.51. The van der Waals surface area contributed by atoms with Gasteiger partial charge in [-0.25, -0.2) is 0 Å². The Bertz CT molecular complexity index is 904. The molecule has 2 aromatic rings. The fourth-order valence-electron chi connectivity index (χ4n) is 5.75. The summed E-state index contributed by atoms with van der Waals surface area (Å²) in [7, 11) is 0. The highest BCUT2D eigenvalue weighted by Gasteiger charge is 2.52. The van der Waals surface area contributed by atoms with Crippen molar-refractivity contribution in [2.75, 3.05) is 0 Å². The van der Waals surface area contributed by atoms with Gasteiger partial charge in [-0.15, -0.1) is 0 Å². The maximum Gasteiger partial charge on any atom is 0.163 e. The van der Waals surface area contributed by atoms with E-state index in [4.69, 9.17) is 0 Å². The topological polar surface area (TPSA) is 17.1 Å². The van der Waals surface area contributed by atoms with E-state index in [0.717, 1.165) is 30.7 Å². The lowest BCUT2D eigenvalue weighted by atomic mass is 9.62. The van der Waals surface area contributed by atoms with Crippen LogP contribution in [0.1, 0.15) is 61.0 Å². The predicted octanol–water partition coefficient (Wildman–Crippen LogP) is 5.85. The molecule has 2 bridgehead atoms. The number of benzene rings is 2. The Kier molecular flexibility index (Phi) is 3.26. The second kappa shape index (κ2) is 5.30. The van der Waals surface area contributed by atoms with Crippen LogP contribution in [0.25, 0.3) is 10.8 Å². The minimum atomic E-state index is 0.230. The van der Waals surface area contributed by atoms with Gasteiger partial charge < -0.3 is 0 Å². The maximum atomic E-state index is 12.7. The van der Waals surface area contributed by atoms with Crippen LogP contribution in [0, 0.1) is 17.8 Å². The van der Waals surface area contributed by atoms with Gasteiger partial charge in [-0.3, -0.25) is 4.79 Å². The average Bonchev–Trinajstić information content (AvgIpc) is 3.18. The van der Waals surface area contributed by atoms with Gasteiger partial charge in [0.2, 0.25) is 0 Å². The van der Waals surface area contributed by atoms with E-state index in [1.165, 1.54) is 34.7 Å². The number of Topliss-reactive ketones (excluding diaryl/α,β-unsaturated/α-hetero) is 1. The Balaban J connectivity index is 1.67. The summed E-state index contributed by atoms with van der Waals surface area (Å²) in [6.07, 6.45) is 10.2. The van der Waals surface area contributed by atoms with Crippen LogP contribution in [-0.2, 0) is 11.8 Å². The summed E-state index contributed by atoms with van der Waals surface area (Å²) >= 11 is 0. The molecular formula is C24H26O. The van der Waals surface area contributed by atoms with Crippen molar-refractivity contribution in [1.82, 2.24) is 0 Å². The first kappa shape index (κ1) is 15.4. The summed E-state index contributed by atoms with van der Waals surface area (Å²) in [6, 6.07) is 11.4. The zero-order chi connectivity index (χ0) is 17.2. The molecule has 3 aliphatic carbocycles. The van der Waals surface area contributed by atoms with Gasteiger partial charge in [0.15, 0.2) is 5.78 Å². The fraction of sp³-hybridized carbons (Fsp3) is 0.458. The van der Waals surface area contributed by atoms with Gasteiger partial charge in [0.25, 0.3) is 0 Å². The molecule has 1 heteroatoms. The number of hydrogen-bond acceptors (Lipinski definition) is 1. The Hall–Kier alpha value is -1.89. The van der Waals surface area contributed by atoms with Gasteiger partial charge in [0.1, 0.15) is 0 Å². The fourth-order valence-corrected chi connectivity index (χ4v) is 5.75. The van der Waals surface area contributed by atoms with Crippen LogP contribution >= 0.6 is 0 Å². The van der Waals surface area contributed by atoms with Crippen LogP contribution in [0.3, 0.4) is 0 Å². The number of carbonyl (C=O) groups is 1. The van der Waals surface area contributed by atoms with E-state index in [-0.39, 0.29) is 5.41 Å². The molecule has 2 aromatic carbocycles. The largest absolute Gasteiger partial charge is 0.294 e. The van der Waals surface area contributed by atoms with Gasteiger partial charge in [0.05, 0.1) is 0 Å². The first-order valence-corrected chi connectivity index (χ1v) is 9.84. The molecule has 3 aliphatic rings. The normalized spacial score (nSPS) is 30.0. The monoisotopic (exact) mass is 330 g/mol. The highest BCUT2D eigenvalue weighted by Crippen LogP contribution is 2.58. The number of ketones is 1. The van der Waals surface area contributed by atoms with Gasteiger partial charge in [0, 0.05) is 17.4 Å². The first-order chi connectivity index (χ1) is 12.0. The molecule has 5 rings (SSSR count). The number of rotatable bonds is 2. The van der Waals surface area contributed by atoms with Crippen molar-refractivity contribution < 1.29 is 4.79 Å². The highest BCUT2D eigenvalue weighted by molar-refractivity contribution is 6.03. The lowest BCUT2D eigenvalue weighted by Crippen LogP contribution is -2.36. The Morgan fingerprint density at radius 1 is 1.12 bits per heavy atom. The minimum absolute atomic E-state index is 0.230. The van der Waals surface area contributed by atoms with Crippen LogP contribution in [0.5, 0.6) is 0 Å². The molecule has 1 nitrogen and oxygen atoms in total. The van der Waals surface area contributed by atoms with E-state index in [1.807, 2.05) is 0 Å². The molecule has 1 saturated carbocycles. The average molecular weight is 330 g/mol. The van der Waals surface area contributed by atoms with Crippen molar-refractivity contribution in [3.05, 3.63) is 59.2 Å². The quantitative estimate of drug-likeness (QED) is 0.631. The van der Waals surface area contributed by atoms with Crippen LogP contribution in [-0.4, -0.2) is 5.78 Å². The second-order valence-electron chi connectivity index (χ2n) is 8.95. The first-order valence-electron chi connectivity index (χ1n) is 9.84. The number of carbonyl (C=O) groups excluding carboxylic acids is 1. The van der Waals surface area contributed by atoms with Crippen molar-refractivity contribution >= 4 is 16.6 Å². The van der Waals surface area contributed by atoms with E-state index >= 15 is 0 Å². The molecule has 0 N–H and O–H groups in total. The molecular weight excluding hydrogens is 304 g/mol. The number of allylic oxidation sites excluding steroid dienone is 2. The molecule has 0 aromatic heterocycles. The van der Waals surface area contributed by atoms with Crippen molar-refractivity contribution in [2.24, 2.45) is 17.8 Å². The molecule has 0 amide bonds. The van der Waals surface area contributed by atoms with Crippen LogP contribution in [0.2, 0.25) is 0 Å². The van der Waals surface area contributed by atoms with Crippen molar-refractivity contribution in [2.45, 2.75) is 51.4 Å². The summed E-state index contributed by atoms with van der Waals surface area (Å²) in [4.78, 5) is 12.7. The Morgan fingerprint density at radius 3 is 2.72 bits per heavy atom. The van der Waals surface area contributed by atoms with Gasteiger partial charge in [-0.05, 0) is 77.5 Å². The van der Waals surface area contributed by atoms with Crippen LogP contribution in [0.4, 0.5) is 0 Å². The molecule has 0 saturated heterocycles. The van der Waals surface area contributed by atoms with E-state index in [0.29, 0.717) is 17.6 Å². The molecule has 0 aliphatic heterocycles.